The molecule has 128 valence electrons. The van der Waals surface area contributed by atoms with Crippen molar-refractivity contribution < 1.29 is 9.53 Å². The lowest BCUT2D eigenvalue weighted by Crippen LogP contribution is -2.51. The van der Waals surface area contributed by atoms with Crippen LogP contribution in [0.25, 0.3) is 0 Å². The molecule has 1 aromatic carbocycles. The van der Waals surface area contributed by atoms with Gasteiger partial charge in [0.25, 0.3) is 5.91 Å². The number of hydrogen-bond acceptors (Lipinski definition) is 4. The lowest BCUT2D eigenvalue weighted by Gasteiger charge is -2.35. The fourth-order valence-corrected chi connectivity index (χ4v) is 3.65. The monoisotopic (exact) mass is 336 g/mol. The summed E-state index contributed by atoms with van der Waals surface area (Å²) < 4.78 is 5.61. The first-order valence-electron chi connectivity index (χ1n) is 8.26. The zero-order valence-electron chi connectivity index (χ0n) is 14.6. The number of carbonyl (C=O) groups excluding carboxylic acids is 1. The van der Waals surface area contributed by atoms with Crippen molar-refractivity contribution in [3.63, 3.8) is 0 Å². The van der Waals surface area contributed by atoms with Crippen LogP contribution in [0, 0.1) is 6.92 Å². The maximum Gasteiger partial charge on any atom is 0.256 e. The van der Waals surface area contributed by atoms with E-state index < -0.39 is 5.60 Å². The van der Waals surface area contributed by atoms with E-state index >= 15 is 0 Å². The van der Waals surface area contributed by atoms with E-state index in [0.29, 0.717) is 18.1 Å². The normalized spacial score (nSPS) is 17.3. The summed E-state index contributed by atoms with van der Waals surface area (Å²) in [5, 5.41) is 6.97. The smallest absolute Gasteiger partial charge is 0.256 e. The molecule has 4 nitrogen and oxygen atoms in total. The fraction of sp³-hybridized carbons (Fsp3) is 0.611. The summed E-state index contributed by atoms with van der Waals surface area (Å²) in [7, 11) is 1.63. The molecule has 23 heavy (non-hydrogen) atoms. The van der Waals surface area contributed by atoms with Gasteiger partial charge in [-0.1, -0.05) is 26.0 Å². The van der Waals surface area contributed by atoms with Gasteiger partial charge in [0.15, 0.2) is 0 Å². The van der Waals surface area contributed by atoms with Gasteiger partial charge in [0, 0.05) is 18.6 Å². The Labute approximate surface area is 143 Å². The summed E-state index contributed by atoms with van der Waals surface area (Å²) in [6.45, 7) is 8.10. The summed E-state index contributed by atoms with van der Waals surface area (Å²) >= 11 is 1.91. The number of carbonyl (C=O) groups is 1. The number of benzene rings is 1. The Morgan fingerprint density at radius 3 is 2.70 bits per heavy atom. The number of nitrogens with one attached hydrogen (secondary N) is 2. The summed E-state index contributed by atoms with van der Waals surface area (Å²) in [4.78, 5) is 12.8. The van der Waals surface area contributed by atoms with Crippen LogP contribution in [0.1, 0.15) is 37.8 Å². The van der Waals surface area contributed by atoms with E-state index in [2.05, 4.69) is 37.5 Å². The molecule has 0 bridgehead atoms. The molecule has 1 aliphatic rings. The second-order valence-electron chi connectivity index (χ2n) is 6.35. The number of anilines is 1. The van der Waals surface area contributed by atoms with Gasteiger partial charge in [0.05, 0.1) is 0 Å². The van der Waals surface area contributed by atoms with E-state index in [0.717, 1.165) is 30.1 Å². The number of methoxy groups -OCH3 is 1. The molecule has 1 saturated heterocycles. The Balaban J connectivity index is 2.12. The molecule has 0 atom stereocenters. The van der Waals surface area contributed by atoms with Gasteiger partial charge in [0.1, 0.15) is 5.60 Å². The number of thioether (sulfide) groups is 1. The van der Waals surface area contributed by atoms with Gasteiger partial charge in [-0.05, 0) is 55.3 Å². The first-order chi connectivity index (χ1) is 11.0. The second-order valence-corrected chi connectivity index (χ2v) is 7.92. The van der Waals surface area contributed by atoms with E-state index in [-0.39, 0.29) is 5.91 Å². The highest BCUT2D eigenvalue weighted by Gasteiger charge is 2.39. The van der Waals surface area contributed by atoms with Crippen molar-refractivity contribution in [1.82, 2.24) is 5.32 Å². The molecule has 0 saturated carbocycles. The van der Waals surface area contributed by atoms with Crippen molar-refractivity contribution in [2.75, 3.05) is 25.5 Å². The molecule has 0 aromatic heterocycles. The van der Waals surface area contributed by atoms with Crippen LogP contribution >= 0.6 is 11.8 Å². The van der Waals surface area contributed by atoms with Crippen molar-refractivity contribution in [2.24, 2.45) is 0 Å². The number of rotatable bonds is 6. The average Bonchev–Trinajstić information content (AvgIpc) is 2.56. The van der Waals surface area contributed by atoms with Crippen LogP contribution in [0.2, 0.25) is 0 Å². The third kappa shape index (κ3) is 4.49. The van der Waals surface area contributed by atoms with Crippen molar-refractivity contribution in [3.05, 3.63) is 29.3 Å². The molecule has 0 radical (unpaired) electrons. The van der Waals surface area contributed by atoms with Crippen molar-refractivity contribution in [1.29, 1.82) is 0 Å². The molecule has 0 unspecified atom stereocenters. The largest absolute Gasteiger partial charge is 0.368 e. The minimum absolute atomic E-state index is 0.0294. The summed E-state index contributed by atoms with van der Waals surface area (Å²) in [6, 6.07) is 6.12. The molecule has 0 spiro atoms. The highest BCUT2D eigenvalue weighted by Crippen LogP contribution is 2.28. The van der Waals surface area contributed by atoms with Crippen molar-refractivity contribution >= 4 is 23.4 Å². The molecule has 1 fully saturated rings. The minimum Gasteiger partial charge on any atom is -0.368 e. The van der Waals surface area contributed by atoms with Crippen LogP contribution in [-0.4, -0.2) is 37.0 Å². The Kier molecular flexibility index (Phi) is 6.50. The van der Waals surface area contributed by atoms with E-state index in [1.807, 2.05) is 23.9 Å². The first-order valence-corrected chi connectivity index (χ1v) is 9.31. The van der Waals surface area contributed by atoms with Crippen molar-refractivity contribution in [2.45, 2.75) is 50.2 Å². The molecule has 2 N–H and O–H groups in total. The van der Waals surface area contributed by atoms with Crippen LogP contribution in [0.4, 0.5) is 5.69 Å². The Morgan fingerprint density at radius 1 is 1.39 bits per heavy atom. The Bertz CT molecular complexity index is 540. The van der Waals surface area contributed by atoms with E-state index in [1.54, 1.807) is 7.11 Å². The quantitative estimate of drug-likeness (QED) is 0.836. The third-order valence-corrected chi connectivity index (χ3v) is 5.63. The van der Waals surface area contributed by atoms with E-state index in [4.69, 9.17) is 4.74 Å². The van der Waals surface area contributed by atoms with Gasteiger partial charge in [-0.3, -0.25) is 4.79 Å². The zero-order chi connectivity index (χ0) is 16.9. The van der Waals surface area contributed by atoms with Gasteiger partial charge in [-0.15, -0.1) is 0 Å². The molecule has 1 heterocycles. The second kappa shape index (κ2) is 8.18. The predicted molar refractivity (Wildman–Crippen MR) is 98.1 cm³/mol. The highest BCUT2D eigenvalue weighted by molar-refractivity contribution is 7.99. The average molecular weight is 337 g/mol. The van der Waals surface area contributed by atoms with Gasteiger partial charge in [-0.2, -0.15) is 11.8 Å². The highest BCUT2D eigenvalue weighted by atomic mass is 32.2. The van der Waals surface area contributed by atoms with Crippen LogP contribution < -0.4 is 10.6 Å². The minimum atomic E-state index is -0.708. The van der Waals surface area contributed by atoms with E-state index in [9.17, 15) is 4.79 Å². The third-order valence-electron chi connectivity index (χ3n) is 4.48. The van der Waals surface area contributed by atoms with Gasteiger partial charge in [-0.25, -0.2) is 0 Å². The van der Waals surface area contributed by atoms with Crippen LogP contribution in [0.3, 0.4) is 0 Å². The van der Waals surface area contributed by atoms with Gasteiger partial charge >= 0.3 is 0 Å². The summed E-state index contributed by atoms with van der Waals surface area (Å²) in [6.07, 6.45) is 1.41. The Morgan fingerprint density at radius 2 is 2.09 bits per heavy atom. The predicted octanol–water partition coefficient (Wildman–Crippen LogP) is 3.34. The lowest BCUT2D eigenvalue weighted by atomic mass is 9.91. The molecule has 1 aromatic rings. The molecule has 1 amide bonds. The Hall–Kier alpha value is -1.04. The lowest BCUT2D eigenvalue weighted by molar-refractivity contribution is -0.140. The standard InChI is InChI=1S/C18H28N2O2S/c1-13(2)23-12-15-6-5-7-16(14(15)3)20-17(21)18(22-4)8-10-19-11-9-18/h5-7,13,19H,8-12H2,1-4H3,(H,20,21). The number of piperidine rings is 1. The molecule has 5 heteroatoms. The van der Waals surface area contributed by atoms with Gasteiger partial charge < -0.3 is 15.4 Å². The van der Waals surface area contributed by atoms with Crippen LogP contribution in [0.15, 0.2) is 18.2 Å². The molecule has 0 aliphatic carbocycles. The topological polar surface area (TPSA) is 50.4 Å². The number of hydrogen-bond donors (Lipinski definition) is 2. The maximum absolute atomic E-state index is 12.8. The van der Waals surface area contributed by atoms with Gasteiger partial charge in [0.2, 0.25) is 0 Å². The summed E-state index contributed by atoms with van der Waals surface area (Å²) in [5.41, 5.74) is 2.61. The summed E-state index contributed by atoms with van der Waals surface area (Å²) in [5.74, 6) is 0.935. The van der Waals surface area contributed by atoms with Crippen molar-refractivity contribution in [3.8, 4) is 0 Å². The first kappa shape index (κ1) is 18.3. The van der Waals surface area contributed by atoms with E-state index in [1.165, 1.54) is 5.56 Å². The molecule has 1 aliphatic heterocycles. The SMILES string of the molecule is COC1(C(=O)Nc2cccc(CSC(C)C)c2C)CCNCC1. The van der Waals surface area contributed by atoms with Crippen LogP contribution in [-0.2, 0) is 15.3 Å². The molecule has 2 rings (SSSR count). The molecular weight excluding hydrogens is 308 g/mol. The van der Waals surface area contributed by atoms with Crippen LogP contribution in [0.5, 0.6) is 0 Å². The number of amides is 1. The fourth-order valence-electron chi connectivity index (χ4n) is 2.82. The zero-order valence-corrected chi connectivity index (χ0v) is 15.4. The number of ether oxygens (including phenoxy) is 1. The maximum atomic E-state index is 12.8. The molecular formula is C18H28N2O2S.